The molecule has 0 aromatic rings. The van der Waals surface area contributed by atoms with Crippen molar-refractivity contribution >= 4 is 5.97 Å². The molecule has 0 spiro atoms. The largest absolute Gasteiger partial charge is 0.480 e. The van der Waals surface area contributed by atoms with Crippen molar-refractivity contribution in [3.8, 4) is 0 Å². The summed E-state index contributed by atoms with van der Waals surface area (Å²) in [6.45, 7) is 2.45. The van der Waals surface area contributed by atoms with Crippen LogP contribution in [0, 0.1) is 0 Å². The Bertz CT molecular complexity index is 271. The third-order valence-electron chi connectivity index (χ3n) is 3.63. The van der Waals surface area contributed by atoms with Gasteiger partial charge in [0.05, 0.1) is 12.7 Å². The highest BCUT2D eigenvalue weighted by Gasteiger charge is 2.48. The molecular weight excluding hydrogens is 210 g/mol. The van der Waals surface area contributed by atoms with Gasteiger partial charge in [-0.25, -0.2) is 4.79 Å². The minimum absolute atomic E-state index is 0.0477. The minimum Gasteiger partial charge on any atom is -0.480 e. The summed E-state index contributed by atoms with van der Waals surface area (Å²) in [7, 11) is 1.72. The van der Waals surface area contributed by atoms with E-state index >= 15 is 0 Å². The quantitative estimate of drug-likeness (QED) is 0.736. The van der Waals surface area contributed by atoms with Crippen LogP contribution in [0.5, 0.6) is 0 Å². The standard InChI is InChI=1S/C11H19NO4/c1-15-8-11-3-2-4-12(11)6-9(5-11)16-7-10(13)14/h9H,2-8H2,1H3,(H,13,14). The molecule has 0 saturated carbocycles. The molecule has 2 heterocycles. The van der Waals surface area contributed by atoms with E-state index in [4.69, 9.17) is 14.6 Å². The van der Waals surface area contributed by atoms with Crippen LogP contribution in [0.3, 0.4) is 0 Å². The van der Waals surface area contributed by atoms with Gasteiger partial charge in [0.2, 0.25) is 0 Å². The van der Waals surface area contributed by atoms with Crippen LogP contribution in [0.25, 0.3) is 0 Å². The Balaban J connectivity index is 1.91. The van der Waals surface area contributed by atoms with Crippen LogP contribution >= 0.6 is 0 Å². The fourth-order valence-corrected chi connectivity index (χ4v) is 3.04. The van der Waals surface area contributed by atoms with E-state index in [-0.39, 0.29) is 18.2 Å². The van der Waals surface area contributed by atoms with Gasteiger partial charge < -0.3 is 14.6 Å². The topological polar surface area (TPSA) is 59.0 Å². The van der Waals surface area contributed by atoms with Gasteiger partial charge in [0, 0.05) is 19.2 Å². The van der Waals surface area contributed by atoms with Gasteiger partial charge in [-0.2, -0.15) is 0 Å². The first-order valence-corrected chi connectivity index (χ1v) is 5.74. The number of carboxylic acid groups (broad SMARTS) is 1. The van der Waals surface area contributed by atoms with E-state index in [1.807, 2.05) is 0 Å². The molecule has 0 aliphatic carbocycles. The summed E-state index contributed by atoms with van der Waals surface area (Å²) in [5.74, 6) is -0.896. The number of rotatable bonds is 5. The van der Waals surface area contributed by atoms with E-state index in [0.717, 1.165) is 32.5 Å². The van der Waals surface area contributed by atoms with E-state index in [1.54, 1.807) is 7.11 Å². The van der Waals surface area contributed by atoms with Crippen molar-refractivity contribution in [1.82, 2.24) is 4.90 Å². The van der Waals surface area contributed by atoms with Crippen LogP contribution < -0.4 is 0 Å². The zero-order valence-electron chi connectivity index (χ0n) is 9.65. The fraction of sp³-hybridized carbons (Fsp3) is 0.909. The third-order valence-corrected chi connectivity index (χ3v) is 3.63. The molecule has 16 heavy (non-hydrogen) atoms. The fourth-order valence-electron chi connectivity index (χ4n) is 3.04. The molecule has 0 amide bonds. The second-order valence-electron chi connectivity index (χ2n) is 4.74. The minimum atomic E-state index is -0.896. The predicted octanol–water partition coefficient (Wildman–Crippen LogP) is 0.341. The van der Waals surface area contributed by atoms with E-state index in [9.17, 15) is 4.79 Å². The number of hydrogen-bond acceptors (Lipinski definition) is 4. The average molecular weight is 229 g/mol. The van der Waals surface area contributed by atoms with Crippen LogP contribution in [-0.4, -0.2) is 61.0 Å². The van der Waals surface area contributed by atoms with Gasteiger partial charge in [-0.15, -0.1) is 0 Å². The van der Waals surface area contributed by atoms with E-state index in [2.05, 4.69) is 4.90 Å². The number of nitrogens with zero attached hydrogens (tertiary/aromatic N) is 1. The number of aliphatic carboxylic acids is 1. The lowest BCUT2D eigenvalue weighted by Crippen LogP contribution is -2.42. The molecule has 1 N–H and O–H groups in total. The molecule has 0 bridgehead atoms. The lowest BCUT2D eigenvalue weighted by atomic mass is 9.94. The normalized spacial score (nSPS) is 34.2. The molecule has 2 aliphatic rings. The molecule has 92 valence electrons. The van der Waals surface area contributed by atoms with E-state index in [1.165, 1.54) is 6.42 Å². The summed E-state index contributed by atoms with van der Waals surface area (Å²) in [5, 5.41) is 8.58. The Morgan fingerprint density at radius 2 is 2.44 bits per heavy atom. The maximum absolute atomic E-state index is 10.4. The van der Waals surface area contributed by atoms with Crippen molar-refractivity contribution in [3.63, 3.8) is 0 Å². The smallest absolute Gasteiger partial charge is 0.329 e. The van der Waals surface area contributed by atoms with Crippen molar-refractivity contribution in [2.45, 2.75) is 30.9 Å². The van der Waals surface area contributed by atoms with Gasteiger partial charge in [-0.3, -0.25) is 4.90 Å². The Morgan fingerprint density at radius 1 is 1.62 bits per heavy atom. The van der Waals surface area contributed by atoms with Crippen molar-refractivity contribution < 1.29 is 19.4 Å². The molecule has 5 nitrogen and oxygen atoms in total. The SMILES string of the molecule is COCC12CCCN1CC(OCC(=O)O)C2. The van der Waals surface area contributed by atoms with Crippen LogP contribution in [0.1, 0.15) is 19.3 Å². The number of ether oxygens (including phenoxy) is 2. The monoisotopic (exact) mass is 229 g/mol. The number of carbonyl (C=O) groups is 1. The molecule has 2 fully saturated rings. The first kappa shape index (κ1) is 11.8. The maximum atomic E-state index is 10.4. The van der Waals surface area contributed by atoms with Gasteiger partial charge in [-0.05, 0) is 25.8 Å². The Labute approximate surface area is 95.3 Å². The molecule has 2 aliphatic heterocycles. The summed E-state index contributed by atoms with van der Waals surface area (Å²) >= 11 is 0. The molecule has 2 atom stereocenters. The highest BCUT2D eigenvalue weighted by molar-refractivity contribution is 5.68. The van der Waals surface area contributed by atoms with Crippen molar-refractivity contribution in [2.24, 2.45) is 0 Å². The zero-order chi connectivity index (χ0) is 11.6. The van der Waals surface area contributed by atoms with Gasteiger partial charge in [0.15, 0.2) is 0 Å². The average Bonchev–Trinajstić information content (AvgIpc) is 2.71. The van der Waals surface area contributed by atoms with Gasteiger partial charge in [0.25, 0.3) is 0 Å². The van der Waals surface area contributed by atoms with E-state index in [0.29, 0.717) is 0 Å². The van der Waals surface area contributed by atoms with E-state index < -0.39 is 5.97 Å². The molecular formula is C11H19NO4. The number of fused-ring (bicyclic) bond motifs is 1. The summed E-state index contributed by atoms with van der Waals surface area (Å²) in [6.07, 6.45) is 3.28. The molecule has 2 rings (SSSR count). The second-order valence-corrected chi connectivity index (χ2v) is 4.74. The third kappa shape index (κ3) is 2.21. The van der Waals surface area contributed by atoms with Crippen molar-refractivity contribution in [2.75, 3.05) is 33.4 Å². The van der Waals surface area contributed by atoms with Crippen LogP contribution in [0.15, 0.2) is 0 Å². The van der Waals surface area contributed by atoms with Crippen LogP contribution in [-0.2, 0) is 14.3 Å². The molecule has 0 radical (unpaired) electrons. The lowest BCUT2D eigenvalue weighted by molar-refractivity contribution is -0.144. The van der Waals surface area contributed by atoms with Crippen molar-refractivity contribution in [1.29, 1.82) is 0 Å². The predicted molar refractivity (Wildman–Crippen MR) is 57.4 cm³/mol. The Hall–Kier alpha value is -0.650. The summed E-state index contributed by atoms with van der Waals surface area (Å²) in [6, 6.07) is 0. The number of methoxy groups -OCH3 is 1. The first-order valence-electron chi connectivity index (χ1n) is 5.74. The summed E-state index contributed by atoms with van der Waals surface area (Å²) in [5.41, 5.74) is 0.109. The Morgan fingerprint density at radius 3 is 3.12 bits per heavy atom. The zero-order valence-corrected chi connectivity index (χ0v) is 9.65. The van der Waals surface area contributed by atoms with Gasteiger partial charge in [-0.1, -0.05) is 0 Å². The Kier molecular flexibility index (Phi) is 3.47. The highest BCUT2D eigenvalue weighted by atomic mass is 16.5. The summed E-state index contributed by atoms with van der Waals surface area (Å²) in [4.78, 5) is 12.8. The van der Waals surface area contributed by atoms with Crippen LogP contribution in [0.4, 0.5) is 0 Å². The maximum Gasteiger partial charge on any atom is 0.329 e. The number of hydrogen-bond donors (Lipinski definition) is 1. The van der Waals surface area contributed by atoms with Crippen molar-refractivity contribution in [3.05, 3.63) is 0 Å². The molecule has 0 aromatic heterocycles. The first-order chi connectivity index (χ1) is 7.66. The molecule has 5 heteroatoms. The second kappa shape index (κ2) is 4.69. The number of carboxylic acids is 1. The van der Waals surface area contributed by atoms with Gasteiger partial charge in [0.1, 0.15) is 6.61 Å². The molecule has 2 unspecified atom stereocenters. The summed E-state index contributed by atoms with van der Waals surface area (Å²) < 4.78 is 10.7. The lowest BCUT2D eigenvalue weighted by Gasteiger charge is -2.30. The van der Waals surface area contributed by atoms with Gasteiger partial charge >= 0.3 is 5.97 Å². The van der Waals surface area contributed by atoms with Crippen LogP contribution in [0.2, 0.25) is 0 Å². The molecule has 0 aromatic carbocycles. The molecule has 2 saturated heterocycles. The highest BCUT2D eigenvalue weighted by Crippen LogP contribution is 2.39.